The van der Waals surface area contributed by atoms with Crippen LogP contribution in [0.3, 0.4) is 0 Å². The van der Waals surface area contributed by atoms with Crippen LogP contribution in [0.15, 0.2) is 22.8 Å². The summed E-state index contributed by atoms with van der Waals surface area (Å²) in [6.07, 6.45) is 0.292. The molecule has 1 unspecified atom stereocenters. The second kappa shape index (κ2) is 6.34. The number of aromatic nitrogens is 1. The standard InChI is InChI=1S/C13H19BrN2O3/c1-13(2,3)19-12(18)16(4)8-11(17)10-6-5-9(14)7-15-10/h5-7,11,17H,8H2,1-4H3. The summed E-state index contributed by atoms with van der Waals surface area (Å²) < 4.78 is 6.04. The average molecular weight is 331 g/mol. The maximum absolute atomic E-state index is 11.7. The number of hydrogen-bond donors (Lipinski definition) is 1. The molecule has 0 aliphatic rings. The number of pyridine rings is 1. The molecule has 1 aromatic heterocycles. The Hall–Kier alpha value is -1.14. The maximum atomic E-state index is 11.7. The van der Waals surface area contributed by atoms with Crippen LogP contribution in [-0.2, 0) is 4.74 Å². The summed E-state index contributed by atoms with van der Waals surface area (Å²) in [5.74, 6) is 0. The van der Waals surface area contributed by atoms with Crippen LogP contribution in [0.25, 0.3) is 0 Å². The number of carbonyl (C=O) groups excluding carboxylic acids is 1. The van der Waals surface area contributed by atoms with Crippen LogP contribution in [0.4, 0.5) is 4.79 Å². The number of aliphatic hydroxyl groups excluding tert-OH is 1. The van der Waals surface area contributed by atoms with Crippen molar-refractivity contribution in [1.29, 1.82) is 0 Å². The molecule has 1 amide bonds. The second-order valence-electron chi connectivity index (χ2n) is 5.28. The Morgan fingerprint density at radius 1 is 1.53 bits per heavy atom. The van der Waals surface area contributed by atoms with Gasteiger partial charge in [0.1, 0.15) is 11.7 Å². The molecule has 6 heteroatoms. The summed E-state index contributed by atoms with van der Waals surface area (Å²) in [7, 11) is 1.58. The number of carbonyl (C=O) groups is 1. The Morgan fingerprint density at radius 2 is 2.16 bits per heavy atom. The van der Waals surface area contributed by atoms with Crippen molar-refractivity contribution in [2.24, 2.45) is 0 Å². The molecule has 0 fully saturated rings. The highest BCUT2D eigenvalue weighted by Crippen LogP contribution is 2.16. The summed E-state index contributed by atoms with van der Waals surface area (Å²) in [5.41, 5.74) is -0.0368. The molecule has 0 saturated carbocycles. The van der Waals surface area contributed by atoms with Gasteiger partial charge in [-0.3, -0.25) is 4.98 Å². The minimum absolute atomic E-state index is 0.129. The van der Waals surface area contributed by atoms with Crippen LogP contribution in [-0.4, -0.2) is 40.3 Å². The second-order valence-corrected chi connectivity index (χ2v) is 6.19. The van der Waals surface area contributed by atoms with Gasteiger partial charge in [-0.25, -0.2) is 4.79 Å². The Labute approximate surface area is 121 Å². The fraction of sp³-hybridized carbons (Fsp3) is 0.538. The van der Waals surface area contributed by atoms with Gasteiger partial charge in [0.2, 0.25) is 0 Å². The predicted molar refractivity (Wildman–Crippen MR) is 75.8 cm³/mol. The van der Waals surface area contributed by atoms with Crippen LogP contribution >= 0.6 is 15.9 Å². The van der Waals surface area contributed by atoms with Crippen molar-refractivity contribution >= 4 is 22.0 Å². The van der Waals surface area contributed by atoms with E-state index in [2.05, 4.69) is 20.9 Å². The molecule has 0 bridgehead atoms. The van der Waals surface area contributed by atoms with Crippen LogP contribution in [0.2, 0.25) is 0 Å². The average Bonchev–Trinajstić information content (AvgIpc) is 2.27. The lowest BCUT2D eigenvalue weighted by molar-refractivity contribution is 0.0201. The third kappa shape index (κ3) is 5.57. The molecule has 1 aromatic rings. The van der Waals surface area contributed by atoms with Gasteiger partial charge in [-0.2, -0.15) is 0 Å². The molecule has 0 spiro atoms. The largest absolute Gasteiger partial charge is 0.444 e. The first-order valence-electron chi connectivity index (χ1n) is 5.92. The number of likely N-dealkylation sites (N-methyl/N-ethyl adjacent to an activating group) is 1. The van der Waals surface area contributed by atoms with Crippen LogP contribution in [0, 0.1) is 0 Å². The van der Waals surface area contributed by atoms with Crippen molar-refractivity contribution in [2.75, 3.05) is 13.6 Å². The number of ether oxygens (including phenoxy) is 1. The number of rotatable bonds is 3. The van der Waals surface area contributed by atoms with Crippen molar-refractivity contribution in [2.45, 2.75) is 32.5 Å². The fourth-order valence-electron chi connectivity index (χ4n) is 1.35. The van der Waals surface area contributed by atoms with E-state index in [1.807, 2.05) is 0 Å². The lowest BCUT2D eigenvalue weighted by atomic mass is 10.2. The Morgan fingerprint density at radius 3 is 2.63 bits per heavy atom. The Balaban J connectivity index is 2.59. The zero-order chi connectivity index (χ0) is 14.6. The zero-order valence-electron chi connectivity index (χ0n) is 11.6. The monoisotopic (exact) mass is 330 g/mol. The van der Waals surface area contributed by atoms with Crippen molar-refractivity contribution in [3.8, 4) is 0 Å². The highest BCUT2D eigenvalue weighted by Gasteiger charge is 2.22. The van der Waals surface area contributed by atoms with E-state index in [9.17, 15) is 9.90 Å². The molecule has 19 heavy (non-hydrogen) atoms. The minimum Gasteiger partial charge on any atom is -0.444 e. The van der Waals surface area contributed by atoms with Crippen LogP contribution in [0.1, 0.15) is 32.6 Å². The topological polar surface area (TPSA) is 62.7 Å². The first kappa shape index (κ1) is 15.9. The molecule has 0 saturated heterocycles. The van der Waals surface area contributed by atoms with Gasteiger partial charge in [0, 0.05) is 17.7 Å². The number of amides is 1. The van der Waals surface area contributed by atoms with E-state index in [4.69, 9.17) is 4.74 Å². The normalized spacial score (nSPS) is 12.9. The molecule has 1 heterocycles. The first-order valence-corrected chi connectivity index (χ1v) is 6.72. The molecular formula is C13H19BrN2O3. The van der Waals surface area contributed by atoms with Crippen molar-refractivity contribution in [1.82, 2.24) is 9.88 Å². The quantitative estimate of drug-likeness (QED) is 0.925. The Bertz CT molecular complexity index is 429. The van der Waals surface area contributed by atoms with Gasteiger partial charge in [0.15, 0.2) is 0 Å². The number of halogens is 1. The van der Waals surface area contributed by atoms with E-state index in [1.54, 1.807) is 46.1 Å². The summed E-state index contributed by atoms with van der Waals surface area (Å²) in [5, 5.41) is 10.0. The van der Waals surface area contributed by atoms with Gasteiger partial charge in [-0.05, 0) is 48.8 Å². The molecule has 1 N–H and O–H groups in total. The van der Waals surface area contributed by atoms with Crippen LogP contribution in [0.5, 0.6) is 0 Å². The van der Waals surface area contributed by atoms with E-state index in [0.717, 1.165) is 4.47 Å². The van der Waals surface area contributed by atoms with E-state index in [-0.39, 0.29) is 6.54 Å². The number of hydrogen-bond acceptors (Lipinski definition) is 4. The van der Waals surface area contributed by atoms with E-state index >= 15 is 0 Å². The molecule has 106 valence electrons. The van der Waals surface area contributed by atoms with Gasteiger partial charge in [-0.1, -0.05) is 0 Å². The summed E-state index contributed by atoms with van der Waals surface area (Å²) in [4.78, 5) is 17.2. The smallest absolute Gasteiger partial charge is 0.410 e. The minimum atomic E-state index is -0.842. The zero-order valence-corrected chi connectivity index (χ0v) is 13.1. The van der Waals surface area contributed by atoms with Crippen molar-refractivity contribution in [3.05, 3.63) is 28.5 Å². The summed E-state index contributed by atoms with van der Waals surface area (Å²) >= 11 is 3.27. The highest BCUT2D eigenvalue weighted by molar-refractivity contribution is 9.10. The van der Waals surface area contributed by atoms with Gasteiger partial charge in [0.05, 0.1) is 12.2 Å². The maximum Gasteiger partial charge on any atom is 0.410 e. The van der Waals surface area contributed by atoms with Gasteiger partial charge >= 0.3 is 6.09 Å². The summed E-state index contributed by atoms with van der Waals surface area (Å²) in [6.45, 7) is 5.52. The lowest BCUT2D eigenvalue weighted by Crippen LogP contribution is -2.36. The summed E-state index contributed by atoms with van der Waals surface area (Å²) in [6, 6.07) is 3.50. The third-order valence-corrected chi connectivity index (χ3v) is 2.71. The molecule has 0 aromatic carbocycles. The highest BCUT2D eigenvalue weighted by atomic mass is 79.9. The SMILES string of the molecule is CN(CC(O)c1ccc(Br)cn1)C(=O)OC(C)(C)C. The molecular weight excluding hydrogens is 312 g/mol. The molecule has 5 nitrogen and oxygen atoms in total. The van der Waals surface area contributed by atoms with E-state index in [0.29, 0.717) is 5.69 Å². The lowest BCUT2D eigenvalue weighted by Gasteiger charge is -2.25. The molecule has 0 aliphatic carbocycles. The van der Waals surface area contributed by atoms with Crippen molar-refractivity contribution in [3.63, 3.8) is 0 Å². The number of aliphatic hydroxyl groups is 1. The van der Waals surface area contributed by atoms with Crippen LogP contribution < -0.4 is 0 Å². The molecule has 1 atom stereocenters. The molecule has 0 aliphatic heterocycles. The fourth-order valence-corrected chi connectivity index (χ4v) is 1.59. The van der Waals surface area contributed by atoms with Gasteiger partial charge < -0.3 is 14.7 Å². The predicted octanol–water partition coefficient (Wildman–Crippen LogP) is 2.74. The van der Waals surface area contributed by atoms with Gasteiger partial charge in [0.25, 0.3) is 0 Å². The number of nitrogens with zero attached hydrogens (tertiary/aromatic N) is 2. The molecule has 0 radical (unpaired) electrons. The van der Waals surface area contributed by atoms with E-state index in [1.165, 1.54) is 4.90 Å². The molecule has 1 rings (SSSR count). The van der Waals surface area contributed by atoms with Crippen molar-refractivity contribution < 1.29 is 14.6 Å². The Kier molecular flexibility index (Phi) is 5.31. The third-order valence-electron chi connectivity index (χ3n) is 2.24. The first-order chi connectivity index (χ1) is 8.69. The van der Waals surface area contributed by atoms with Gasteiger partial charge in [-0.15, -0.1) is 0 Å². The van der Waals surface area contributed by atoms with E-state index < -0.39 is 17.8 Å².